The average Bonchev–Trinajstić information content (AvgIpc) is 3.31. The molecule has 0 aliphatic heterocycles. The summed E-state index contributed by atoms with van der Waals surface area (Å²) in [7, 11) is 1.65. The molecule has 0 fully saturated rings. The minimum Gasteiger partial charge on any atom is -0.497 e. The van der Waals surface area contributed by atoms with E-state index >= 15 is 0 Å². The average molecular weight is 363 g/mol. The Kier molecular flexibility index (Phi) is 4.18. The molecule has 0 aliphatic rings. The van der Waals surface area contributed by atoms with Crippen molar-refractivity contribution >= 4 is 28.6 Å². The summed E-state index contributed by atoms with van der Waals surface area (Å²) < 4.78 is 7.35. The topological polar surface area (TPSA) is 55.6 Å². The summed E-state index contributed by atoms with van der Waals surface area (Å²) in [5.74, 6) is 0.661. The largest absolute Gasteiger partial charge is 0.497 e. The van der Waals surface area contributed by atoms with Crippen LogP contribution in [0.1, 0.15) is 6.92 Å². The first kappa shape index (κ1) is 16.4. The van der Waals surface area contributed by atoms with Crippen molar-refractivity contribution in [3.8, 4) is 28.1 Å². The summed E-state index contributed by atoms with van der Waals surface area (Å²) >= 11 is 1.64. The normalized spacial score (nSPS) is 10.8. The fourth-order valence-electron chi connectivity index (χ4n) is 2.95. The van der Waals surface area contributed by atoms with Crippen LogP contribution in [-0.2, 0) is 4.79 Å². The van der Waals surface area contributed by atoms with Crippen molar-refractivity contribution in [1.29, 1.82) is 0 Å². The maximum Gasteiger partial charge on any atom is 0.221 e. The fraction of sp³-hybridized carbons (Fsp3) is 0.100. The Morgan fingerprint density at radius 1 is 1.19 bits per heavy atom. The SMILES string of the molecule is COc1cccc(-c2cnc3c(NC(C)=O)cc(-c4ccsc4)cn23)c1. The van der Waals surface area contributed by atoms with E-state index in [2.05, 4.69) is 21.7 Å². The molecule has 0 radical (unpaired) electrons. The molecule has 0 aliphatic carbocycles. The van der Waals surface area contributed by atoms with Crippen molar-refractivity contribution in [2.75, 3.05) is 12.4 Å². The van der Waals surface area contributed by atoms with Crippen LogP contribution in [0.5, 0.6) is 5.75 Å². The highest BCUT2D eigenvalue weighted by atomic mass is 32.1. The molecule has 3 aromatic heterocycles. The van der Waals surface area contributed by atoms with Crippen molar-refractivity contribution in [3.63, 3.8) is 0 Å². The number of hydrogen-bond donors (Lipinski definition) is 1. The van der Waals surface area contributed by atoms with Gasteiger partial charge in [-0.05, 0) is 40.6 Å². The molecule has 1 N–H and O–H groups in total. The summed E-state index contributed by atoms with van der Waals surface area (Å²) in [5.41, 5.74) is 5.45. The molecule has 0 saturated heterocycles. The van der Waals surface area contributed by atoms with Crippen LogP contribution in [0.15, 0.2) is 59.6 Å². The lowest BCUT2D eigenvalue weighted by Gasteiger charge is -2.10. The molecule has 0 unspecified atom stereocenters. The van der Waals surface area contributed by atoms with Crippen LogP contribution in [-0.4, -0.2) is 22.4 Å². The lowest BCUT2D eigenvalue weighted by atomic mass is 10.1. The highest BCUT2D eigenvalue weighted by Crippen LogP contribution is 2.32. The van der Waals surface area contributed by atoms with E-state index in [0.29, 0.717) is 11.3 Å². The Morgan fingerprint density at radius 3 is 2.81 bits per heavy atom. The number of benzene rings is 1. The van der Waals surface area contributed by atoms with E-state index in [9.17, 15) is 4.79 Å². The third-order valence-corrected chi connectivity index (χ3v) is 4.82. The van der Waals surface area contributed by atoms with E-state index in [4.69, 9.17) is 4.74 Å². The van der Waals surface area contributed by atoms with E-state index in [1.165, 1.54) is 6.92 Å². The van der Waals surface area contributed by atoms with Crippen molar-refractivity contribution in [1.82, 2.24) is 9.38 Å². The number of hydrogen-bond acceptors (Lipinski definition) is 4. The molecule has 26 heavy (non-hydrogen) atoms. The minimum absolute atomic E-state index is 0.125. The number of carbonyl (C=O) groups excluding carboxylic acids is 1. The standard InChI is InChI=1S/C20H17N3O2S/c1-13(24)22-18-9-16(15-6-7-26-12-15)11-23-19(10-21-20(18)23)14-4-3-5-17(8-14)25-2/h3-12H,1-2H3,(H,22,24). The first-order valence-corrected chi connectivity index (χ1v) is 9.05. The van der Waals surface area contributed by atoms with E-state index < -0.39 is 0 Å². The first-order valence-electron chi connectivity index (χ1n) is 8.11. The predicted octanol–water partition coefficient (Wildman–Crippen LogP) is 4.70. The van der Waals surface area contributed by atoms with Crippen molar-refractivity contribution in [3.05, 3.63) is 59.6 Å². The third kappa shape index (κ3) is 2.95. The number of amides is 1. The van der Waals surface area contributed by atoms with Gasteiger partial charge in [0.05, 0.1) is 24.7 Å². The first-order chi connectivity index (χ1) is 12.7. The molecule has 0 spiro atoms. The number of carbonyl (C=O) groups is 1. The number of aromatic nitrogens is 2. The molecular weight excluding hydrogens is 346 g/mol. The van der Waals surface area contributed by atoms with Gasteiger partial charge in [-0.15, -0.1) is 0 Å². The van der Waals surface area contributed by atoms with Gasteiger partial charge in [0.25, 0.3) is 0 Å². The zero-order chi connectivity index (χ0) is 18.1. The van der Waals surface area contributed by atoms with Gasteiger partial charge < -0.3 is 10.1 Å². The van der Waals surface area contributed by atoms with Crippen LogP contribution in [0, 0.1) is 0 Å². The maximum atomic E-state index is 11.7. The van der Waals surface area contributed by atoms with Gasteiger partial charge in [0.2, 0.25) is 5.91 Å². The van der Waals surface area contributed by atoms with Crippen LogP contribution in [0.25, 0.3) is 28.0 Å². The number of imidazole rings is 1. The number of nitrogens with zero attached hydrogens (tertiary/aromatic N) is 2. The maximum absolute atomic E-state index is 11.7. The fourth-order valence-corrected chi connectivity index (χ4v) is 3.62. The molecule has 130 valence electrons. The number of thiophene rings is 1. The van der Waals surface area contributed by atoms with Crippen molar-refractivity contribution in [2.24, 2.45) is 0 Å². The van der Waals surface area contributed by atoms with Crippen LogP contribution in [0.3, 0.4) is 0 Å². The third-order valence-electron chi connectivity index (χ3n) is 4.14. The van der Waals surface area contributed by atoms with E-state index in [0.717, 1.165) is 28.1 Å². The number of rotatable bonds is 4. The summed E-state index contributed by atoms with van der Waals surface area (Å²) in [4.78, 5) is 16.2. The Bertz CT molecular complexity index is 1080. The summed E-state index contributed by atoms with van der Waals surface area (Å²) in [6, 6.07) is 11.9. The molecule has 4 aromatic rings. The number of methoxy groups -OCH3 is 1. The minimum atomic E-state index is -0.125. The Labute approximate surface area is 154 Å². The van der Waals surface area contributed by atoms with E-state index in [1.807, 2.05) is 52.5 Å². The predicted molar refractivity (Wildman–Crippen MR) is 105 cm³/mol. The second kappa shape index (κ2) is 6.65. The van der Waals surface area contributed by atoms with Crippen LogP contribution >= 0.6 is 11.3 Å². The van der Waals surface area contributed by atoms with Gasteiger partial charge in [-0.2, -0.15) is 11.3 Å². The molecule has 6 heteroatoms. The summed E-state index contributed by atoms with van der Waals surface area (Å²) in [6.45, 7) is 1.50. The van der Waals surface area contributed by atoms with Crippen molar-refractivity contribution in [2.45, 2.75) is 6.92 Å². The monoisotopic (exact) mass is 363 g/mol. The summed E-state index contributed by atoms with van der Waals surface area (Å²) in [5, 5.41) is 7.01. The van der Waals surface area contributed by atoms with Gasteiger partial charge in [-0.1, -0.05) is 12.1 Å². The quantitative estimate of drug-likeness (QED) is 0.572. The van der Waals surface area contributed by atoms with Crippen LogP contribution < -0.4 is 10.1 Å². The molecule has 4 rings (SSSR count). The van der Waals surface area contributed by atoms with Gasteiger partial charge in [0, 0.05) is 24.2 Å². The molecule has 3 heterocycles. The number of anilines is 1. The van der Waals surface area contributed by atoms with Gasteiger partial charge in [-0.25, -0.2) is 4.98 Å². The molecule has 0 bridgehead atoms. The number of ether oxygens (including phenoxy) is 1. The second-order valence-corrected chi connectivity index (χ2v) is 6.68. The lowest BCUT2D eigenvalue weighted by molar-refractivity contribution is -0.114. The molecule has 1 amide bonds. The highest BCUT2D eigenvalue weighted by molar-refractivity contribution is 7.08. The summed E-state index contributed by atoms with van der Waals surface area (Å²) in [6.07, 6.45) is 3.86. The van der Waals surface area contributed by atoms with E-state index in [1.54, 1.807) is 18.4 Å². The molecule has 5 nitrogen and oxygen atoms in total. The van der Waals surface area contributed by atoms with Gasteiger partial charge >= 0.3 is 0 Å². The zero-order valence-electron chi connectivity index (χ0n) is 14.4. The van der Waals surface area contributed by atoms with Crippen molar-refractivity contribution < 1.29 is 9.53 Å². The molecule has 0 saturated carbocycles. The Balaban J connectivity index is 1.95. The lowest BCUT2D eigenvalue weighted by Crippen LogP contribution is -2.07. The molecule has 0 atom stereocenters. The second-order valence-electron chi connectivity index (χ2n) is 5.90. The molecule has 1 aromatic carbocycles. The Hall–Kier alpha value is -3.12. The van der Waals surface area contributed by atoms with Gasteiger partial charge in [0.1, 0.15) is 5.75 Å². The van der Waals surface area contributed by atoms with Crippen LogP contribution in [0.4, 0.5) is 5.69 Å². The number of pyridine rings is 1. The van der Waals surface area contributed by atoms with Gasteiger partial charge in [-0.3, -0.25) is 9.20 Å². The van der Waals surface area contributed by atoms with E-state index in [-0.39, 0.29) is 5.91 Å². The highest BCUT2D eigenvalue weighted by Gasteiger charge is 2.14. The number of fused-ring (bicyclic) bond motifs is 1. The zero-order valence-corrected chi connectivity index (χ0v) is 15.2. The smallest absolute Gasteiger partial charge is 0.221 e. The van der Waals surface area contributed by atoms with Crippen LogP contribution in [0.2, 0.25) is 0 Å². The Morgan fingerprint density at radius 2 is 2.08 bits per heavy atom. The molecular formula is C20H17N3O2S. The number of nitrogens with one attached hydrogen (secondary N) is 1. The van der Waals surface area contributed by atoms with Gasteiger partial charge in [0.15, 0.2) is 5.65 Å².